The maximum Gasteiger partial charge on any atom is 0.338 e. The number of benzene rings is 2. The van der Waals surface area contributed by atoms with E-state index in [1.165, 1.54) is 0 Å². The van der Waals surface area contributed by atoms with Crippen LogP contribution in [0.4, 0.5) is 0 Å². The van der Waals surface area contributed by atoms with E-state index < -0.39 is 5.97 Å². The van der Waals surface area contributed by atoms with Crippen LogP contribution in [0.25, 0.3) is 0 Å². The minimum Gasteiger partial charge on any atom is -0.507 e. The quantitative estimate of drug-likeness (QED) is 0.220. The first kappa shape index (κ1) is 24.6. The van der Waals surface area contributed by atoms with Crippen LogP contribution >= 0.6 is 0 Å². The van der Waals surface area contributed by atoms with Crippen molar-refractivity contribution in [1.82, 2.24) is 0 Å². The van der Waals surface area contributed by atoms with E-state index in [1.807, 2.05) is 6.07 Å². The van der Waals surface area contributed by atoms with Crippen molar-refractivity contribution in [3.8, 4) is 5.75 Å². The van der Waals surface area contributed by atoms with Crippen molar-refractivity contribution in [3.63, 3.8) is 0 Å². The Labute approximate surface area is 186 Å². The van der Waals surface area contributed by atoms with Crippen molar-refractivity contribution in [3.05, 3.63) is 64.7 Å². The molecule has 1 N–H and O–H groups in total. The molecule has 0 amide bonds. The van der Waals surface area contributed by atoms with Crippen molar-refractivity contribution >= 4 is 11.8 Å². The number of phenols is 1. The van der Waals surface area contributed by atoms with Crippen molar-refractivity contribution < 1.29 is 19.4 Å². The number of carbonyl (C=O) groups excluding carboxylic acids is 2. The average Bonchev–Trinajstić information content (AvgIpc) is 2.78. The summed E-state index contributed by atoms with van der Waals surface area (Å²) in [4.78, 5) is 25.7. The molecule has 0 heterocycles. The molecule has 0 radical (unpaired) electrons. The third-order valence-electron chi connectivity index (χ3n) is 5.73. The number of unbranched alkanes of at least 4 members (excludes halogenated alkanes) is 3. The van der Waals surface area contributed by atoms with Crippen LogP contribution in [0.1, 0.15) is 97.6 Å². The van der Waals surface area contributed by atoms with Gasteiger partial charge in [0, 0.05) is 5.56 Å². The highest BCUT2D eigenvalue weighted by Gasteiger charge is 2.21. The molecule has 0 aliphatic heterocycles. The van der Waals surface area contributed by atoms with Gasteiger partial charge in [0.05, 0.1) is 17.7 Å². The number of esters is 1. The van der Waals surface area contributed by atoms with Gasteiger partial charge in [0.25, 0.3) is 0 Å². The first-order chi connectivity index (χ1) is 15.0. The molecule has 0 spiro atoms. The van der Waals surface area contributed by atoms with E-state index in [9.17, 15) is 14.7 Å². The molecule has 168 valence electrons. The number of rotatable bonds is 13. The van der Waals surface area contributed by atoms with Crippen LogP contribution in [-0.2, 0) is 11.2 Å². The Kier molecular flexibility index (Phi) is 10.3. The Hall–Kier alpha value is -2.62. The van der Waals surface area contributed by atoms with Gasteiger partial charge in [-0.3, -0.25) is 4.79 Å². The largest absolute Gasteiger partial charge is 0.507 e. The van der Waals surface area contributed by atoms with Crippen molar-refractivity contribution in [2.45, 2.75) is 72.1 Å². The molecule has 1 atom stereocenters. The molecular formula is C27H36O4. The van der Waals surface area contributed by atoms with Gasteiger partial charge in [0.15, 0.2) is 5.78 Å². The second kappa shape index (κ2) is 12.9. The molecule has 0 fully saturated rings. The molecule has 0 aliphatic carbocycles. The summed E-state index contributed by atoms with van der Waals surface area (Å²) in [5, 5.41) is 10.6. The molecule has 2 aromatic rings. The minimum absolute atomic E-state index is 0.0448. The predicted molar refractivity (Wildman–Crippen MR) is 125 cm³/mol. The van der Waals surface area contributed by atoms with Crippen LogP contribution in [0.3, 0.4) is 0 Å². The lowest BCUT2D eigenvalue weighted by molar-refractivity contribution is 0.0495. The standard InChI is InChI=1S/C27H36O4/c1-4-7-8-11-17-31-27(30)23-14-10-9-13-22(23)26(29)24-16-15-21(19-25(24)28)18-20(6-3)12-5-2/h9-10,13-16,19-20,28H,4-8,11-12,17-18H2,1-3H3. The summed E-state index contributed by atoms with van der Waals surface area (Å²) in [6.07, 6.45) is 8.30. The molecule has 0 aromatic heterocycles. The first-order valence-electron chi connectivity index (χ1n) is 11.6. The highest BCUT2D eigenvalue weighted by molar-refractivity contribution is 6.15. The predicted octanol–water partition coefficient (Wildman–Crippen LogP) is 6.73. The molecular weight excluding hydrogens is 388 g/mol. The molecule has 31 heavy (non-hydrogen) atoms. The maximum atomic E-state index is 13.1. The van der Waals surface area contributed by atoms with Gasteiger partial charge in [-0.25, -0.2) is 4.79 Å². The van der Waals surface area contributed by atoms with E-state index in [-0.39, 0.29) is 28.2 Å². The number of hydrogen-bond donors (Lipinski definition) is 1. The number of ketones is 1. The van der Waals surface area contributed by atoms with Crippen LogP contribution < -0.4 is 0 Å². The second-order valence-electron chi connectivity index (χ2n) is 8.19. The van der Waals surface area contributed by atoms with Crippen LogP contribution in [0.15, 0.2) is 42.5 Å². The Morgan fingerprint density at radius 2 is 1.65 bits per heavy atom. The molecule has 0 aliphatic rings. The van der Waals surface area contributed by atoms with E-state index in [0.717, 1.165) is 56.9 Å². The molecule has 0 saturated carbocycles. The Bertz CT molecular complexity index is 856. The SMILES string of the molecule is CCCCCCOC(=O)c1ccccc1C(=O)c1ccc(CC(CC)CCC)cc1O. The van der Waals surface area contributed by atoms with Crippen molar-refractivity contribution in [1.29, 1.82) is 0 Å². The van der Waals surface area contributed by atoms with Crippen LogP contribution in [-0.4, -0.2) is 23.5 Å². The lowest BCUT2D eigenvalue weighted by Crippen LogP contribution is -2.13. The number of aromatic hydroxyl groups is 1. The number of hydrogen-bond acceptors (Lipinski definition) is 4. The first-order valence-corrected chi connectivity index (χ1v) is 11.6. The topological polar surface area (TPSA) is 63.6 Å². The summed E-state index contributed by atoms with van der Waals surface area (Å²) in [5.41, 5.74) is 1.71. The third kappa shape index (κ3) is 7.23. The van der Waals surface area contributed by atoms with Crippen LogP contribution in [0, 0.1) is 5.92 Å². The fraction of sp³-hybridized carbons (Fsp3) is 0.481. The molecule has 4 heteroatoms. The normalized spacial score (nSPS) is 11.8. The molecule has 4 nitrogen and oxygen atoms in total. The summed E-state index contributed by atoms with van der Waals surface area (Å²) in [6.45, 7) is 6.83. The van der Waals surface area contributed by atoms with E-state index in [2.05, 4.69) is 20.8 Å². The zero-order chi connectivity index (χ0) is 22.6. The van der Waals surface area contributed by atoms with Crippen LogP contribution in [0.2, 0.25) is 0 Å². The van der Waals surface area contributed by atoms with E-state index in [1.54, 1.807) is 36.4 Å². The highest BCUT2D eigenvalue weighted by Crippen LogP contribution is 2.26. The van der Waals surface area contributed by atoms with Crippen molar-refractivity contribution in [2.75, 3.05) is 6.61 Å². The van der Waals surface area contributed by atoms with E-state index >= 15 is 0 Å². The van der Waals surface area contributed by atoms with Gasteiger partial charge in [0.1, 0.15) is 5.75 Å². The molecule has 0 bridgehead atoms. The van der Waals surface area contributed by atoms with Crippen LogP contribution in [0.5, 0.6) is 5.75 Å². The van der Waals surface area contributed by atoms with Gasteiger partial charge in [-0.05, 0) is 42.5 Å². The zero-order valence-corrected chi connectivity index (χ0v) is 19.2. The number of phenolic OH excluding ortho intramolecular Hbond substituents is 1. The molecule has 2 aromatic carbocycles. The van der Waals surface area contributed by atoms with Gasteiger partial charge >= 0.3 is 5.97 Å². The van der Waals surface area contributed by atoms with Gasteiger partial charge in [-0.1, -0.05) is 83.6 Å². The summed E-state index contributed by atoms with van der Waals surface area (Å²) < 4.78 is 5.38. The van der Waals surface area contributed by atoms with Crippen molar-refractivity contribution in [2.24, 2.45) is 5.92 Å². The maximum absolute atomic E-state index is 13.1. The van der Waals surface area contributed by atoms with Gasteiger partial charge in [-0.2, -0.15) is 0 Å². The van der Waals surface area contributed by atoms with E-state index in [4.69, 9.17) is 4.74 Å². The fourth-order valence-corrected chi connectivity index (χ4v) is 3.86. The molecule has 2 rings (SSSR count). The molecule has 1 unspecified atom stereocenters. The monoisotopic (exact) mass is 424 g/mol. The zero-order valence-electron chi connectivity index (χ0n) is 19.2. The smallest absolute Gasteiger partial charge is 0.338 e. The summed E-state index contributed by atoms with van der Waals surface area (Å²) in [5.74, 6) is -0.347. The average molecular weight is 425 g/mol. The number of ether oxygens (including phenoxy) is 1. The van der Waals surface area contributed by atoms with Gasteiger partial charge < -0.3 is 9.84 Å². The fourth-order valence-electron chi connectivity index (χ4n) is 3.86. The molecule has 0 saturated heterocycles. The summed E-state index contributed by atoms with van der Waals surface area (Å²) in [6, 6.07) is 11.9. The second-order valence-corrected chi connectivity index (χ2v) is 8.19. The third-order valence-corrected chi connectivity index (χ3v) is 5.73. The van der Waals surface area contributed by atoms with Gasteiger partial charge in [0.2, 0.25) is 0 Å². The Balaban J connectivity index is 2.15. The highest BCUT2D eigenvalue weighted by atomic mass is 16.5. The lowest BCUT2D eigenvalue weighted by Gasteiger charge is -2.15. The summed E-state index contributed by atoms with van der Waals surface area (Å²) in [7, 11) is 0. The van der Waals surface area contributed by atoms with Gasteiger partial charge in [-0.15, -0.1) is 0 Å². The Morgan fingerprint density at radius 1 is 0.903 bits per heavy atom. The van der Waals surface area contributed by atoms with E-state index in [0.29, 0.717) is 12.5 Å². The number of carbonyl (C=O) groups is 2. The Morgan fingerprint density at radius 3 is 2.29 bits per heavy atom. The minimum atomic E-state index is -0.498. The lowest BCUT2D eigenvalue weighted by atomic mass is 9.91. The summed E-state index contributed by atoms with van der Waals surface area (Å²) >= 11 is 0.